The second kappa shape index (κ2) is 7.90. The van der Waals surface area contributed by atoms with Crippen molar-refractivity contribution in [3.05, 3.63) is 10.1 Å². The van der Waals surface area contributed by atoms with Gasteiger partial charge in [-0.15, -0.1) is 0 Å². The van der Waals surface area contributed by atoms with E-state index in [4.69, 9.17) is 63.1 Å². The van der Waals surface area contributed by atoms with Crippen molar-refractivity contribution in [2.24, 2.45) is 4.99 Å². The average molecular weight is 345 g/mol. The summed E-state index contributed by atoms with van der Waals surface area (Å²) in [6.45, 7) is 0. The lowest BCUT2D eigenvalue weighted by atomic mass is 10.3. The lowest BCUT2D eigenvalue weighted by Gasteiger charge is -2.06. The Labute approximate surface area is 123 Å². The van der Waals surface area contributed by atoms with Gasteiger partial charge in [-0.05, 0) is 0 Å². The number of allylic oxidation sites excluding steroid dienone is 2. The maximum absolute atomic E-state index is 10.6. The zero-order valence-electron chi connectivity index (χ0n) is 7.50. The van der Waals surface area contributed by atoms with Crippen LogP contribution >= 0.6 is 70.6 Å². The molecule has 0 rings (SSSR count). The number of alkyl halides is 2. The molecule has 0 aliphatic heterocycles. The minimum Gasteiger partial charge on any atom is -0.480 e. The van der Waals surface area contributed by atoms with Crippen LogP contribution in [-0.4, -0.2) is 32.9 Å². The smallest absolute Gasteiger partial charge is 0.329 e. The van der Waals surface area contributed by atoms with Crippen LogP contribution < -0.4 is 0 Å². The predicted octanol–water partition coefficient (Wildman–Crippen LogP) is 3.50. The number of rotatable bonds is 5. The van der Waals surface area contributed by atoms with Crippen molar-refractivity contribution in [1.82, 2.24) is 0 Å². The highest BCUT2D eigenvalue weighted by Crippen LogP contribution is 2.26. The van der Waals surface area contributed by atoms with Crippen LogP contribution in [0.25, 0.3) is 0 Å². The predicted molar refractivity (Wildman–Crippen MR) is 72.8 cm³/mol. The van der Waals surface area contributed by atoms with Crippen molar-refractivity contribution < 1.29 is 9.90 Å². The molecule has 0 aliphatic carbocycles. The first-order chi connectivity index (χ1) is 7.31. The maximum atomic E-state index is 10.6. The molecule has 0 saturated heterocycles. The zero-order chi connectivity index (χ0) is 12.9. The quantitative estimate of drug-likeness (QED) is 0.455. The number of carboxylic acids is 1. The molecule has 0 aromatic rings. The summed E-state index contributed by atoms with van der Waals surface area (Å²) in [6.07, 6.45) is 0. The van der Waals surface area contributed by atoms with Crippen molar-refractivity contribution in [2.75, 3.05) is 5.75 Å². The Morgan fingerprint density at radius 2 is 1.81 bits per heavy atom. The molecule has 0 bridgehead atoms. The molecule has 0 unspecified atom stereocenters. The molecule has 92 valence electrons. The normalized spacial score (nSPS) is 16.1. The van der Waals surface area contributed by atoms with E-state index in [-0.39, 0.29) is 21.0 Å². The molecule has 9 heteroatoms. The number of aliphatic carboxylic acids is 1. The summed E-state index contributed by atoms with van der Waals surface area (Å²) in [5, 5.41) is 8.10. The molecule has 0 aliphatic rings. The van der Waals surface area contributed by atoms with E-state index < -0.39 is 16.8 Å². The Hall–Kier alpha value is 0.680. The summed E-state index contributed by atoms with van der Waals surface area (Å²) in [4.78, 5) is 13.2. The number of hydrogen-bond donors (Lipinski definition) is 2. The molecule has 16 heavy (non-hydrogen) atoms. The van der Waals surface area contributed by atoms with Gasteiger partial charge in [0.25, 0.3) is 0 Å². The van der Waals surface area contributed by atoms with Crippen LogP contribution in [0.2, 0.25) is 0 Å². The first-order valence-electron chi connectivity index (χ1n) is 3.71. The summed E-state index contributed by atoms with van der Waals surface area (Å²) in [6, 6.07) is -1.11. The average Bonchev–Trinajstić information content (AvgIpc) is 2.22. The lowest BCUT2D eigenvalue weighted by molar-refractivity contribution is -0.137. The lowest BCUT2D eigenvalue weighted by Crippen LogP contribution is -2.20. The second-order valence-corrected chi connectivity index (χ2v) is 5.02. The largest absolute Gasteiger partial charge is 0.480 e. The monoisotopic (exact) mass is 343 g/mol. The summed E-state index contributed by atoms with van der Waals surface area (Å²) in [7, 11) is 0. The number of halogens is 5. The van der Waals surface area contributed by atoms with Crippen LogP contribution in [0.15, 0.2) is 15.1 Å². The Morgan fingerprint density at radius 1 is 1.31 bits per heavy atom. The van der Waals surface area contributed by atoms with E-state index in [1.807, 2.05) is 0 Å². The van der Waals surface area contributed by atoms with Gasteiger partial charge in [-0.3, -0.25) is 4.99 Å². The first-order valence-corrected chi connectivity index (χ1v) is 6.35. The zero-order valence-corrected chi connectivity index (χ0v) is 12.2. The molecule has 0 amide bonds. The Bertz CT molecular complexity index is 331. The van der Waals surface area contributed by atoms with Gasteiger partial charge in [0.15, 0.2) is 6.04 Å². The Morgan fingerprint density at radius 3 is 2.12 bits per heavy atom. The highest BCUT2D eigenvalue weighted by atomic mass is 35.5. The van der Waals surface area contributed by atoms with Crippen molar-refractivity contribution in [3.63, 3.8) is 0 Å². The highest BCUT2D eigenvalue weighted by molar-refractivity contribution is 7.80. The number of thiol groups is 1. The standard InChI is InChI=1S/C7H6Cl5NO2S/c8-3(5(10)11)4(9)6(12)13-2(1-16)7(14)15/h2,5,16H,1H2,(H,14,15)/t2-/m0/s1. The molecular formula is C7H6Cl5NO2S. The molecule has 0 aromatic heterocycles. The molecule has 0 saturated carbocycles. The van der Waals surface area contributed by atoms with Gasteiger partial charge >= 0.3 is 5.97 Å². The third-order valence-electron chi connectivity index (χ3n) is 1.31. The van der Waals surface area contributed by atoms with Crippen LogP contribution in [0.1, 0.15) is 0 Å². The molecule has 0 radical (unpaired) electrons. The third-order valence-corrected chi connectivity index (χ3v) is 3.59. The molecule has 3 nitrogen and oxygen atoms in total. The number of carboxylic acid groups (broad SMARTS) is 1. The third kappa shape index (κ3) is 5.34. The molecule has 0 heterocycles. The van der Waals surface area contributed by atoms with E-state index in [0.717, 1.165) is 0 Å². The van der Waals surface area contributed by atoms with Crippen LogP contribution in [0.3, 0.4) is 0 Å². The van der Waals surface area contributed by atoms with Crippen LogP contribution in [-0.2, 0) is 4.79 Å². The van der Waals surface area contributed by atoms with Gasteiger partial charge in [0.1, 0.15) is 10.0 Å². The molecule has 0 aromatic carbocycles. The minimum atomic E-state index is -1.18. The number of hydrogen-bond acceptors (Lipinski definition) is 3. The van der Waals surface area contributed by atoms with Gasteiger partial charge in [-0.25, -0.2) is 4.79 Å². The van der Waals surface area contributed by atoms with Crippen molar-refractivity contribution in [3.8, 4) is 0 Å². The van der Waals surface area contributed by atoms with E-state index in [9.17, 15) is 4.79 Å². The van der Waals surface area contributed by atoms with Gasteiger partial charge in [-0.1, -0.05) is 58.0 Å². The minimum absolute atomic E-state index is 0.0292. The Balaban J connectivity index is 5.04. The van der Waals surface area contributed by atoms with Gasteiger partial charge < -0.3 is 5.11 Å². The van der Waals surface area contributed by atoms with Crippen LogP contribution in [0.5, 0.6) is 0 Å². The first kappa shape index (κ1) is 16.7. The van der Waals surface area contributed by atoms with Crippen molar-refractivity contribution >= 4 is 81.8 Å². The molecule has 1 atom stereocenters. The Kier molecular flexibility index (Phi) is 8.24. The van der Waals surface area contributed by atoms with Crippen molar-refractivity contribution in [1.29, 1.82) is 0 Å². The highest BCUT2D eigenvalue weighted by Gasteiger charge is 2.18. The molecule has 0 spiro atoms. The number of aliphatic imine (C=N–C) groups is 1. The topological polar surface area (TPSA) is 49.7 Å². The van der Waals surface area contributed by atoms with E-state index in [1.54, 1.807) is 0 Å². The molecule has 0 fully saturated rings. The van der Waals surface area contributed by atoms with E-state index in [1.165, 1.54) is 0 Å². The fraction of sp³-hybridized carbons (Fsp3) is 0.429. The maximum Gasteiger partial charge on any atom is 0.329 e. The van der Waals surface area contributed by atoms with Gasteiger partial charge in [0, 0.05) is 5.75 Å². The summed E-state index contributed by atoms with van der Waals surface area (Å²) in [5.41, 5.74) is 0. The summed E-state index contributed by atoms with van der Waals surface area (Å²) in [5.74, 6) is -1.21. The van der Waals surface area contributed by atoms with E-state index in [0.29, 0.717) is 0 Å². The fourth-order valence-corrected chi connectivity index (χ4v) is 1.65. The summed E-state index contributed by atoms with van der Waals surface area (Å²) >= 11 is 31.6. The van der Waals surface area contributed by atoms with Crippen molar-refractivity contribution in [2.45, 2.75) is 10.9 Å². The van der Waals surface area contributed by atoms with E-state index >= 15 is 0 Å². The number of carbonyl (C=O) groups is 1. The fourth-order valence-electron chi connectivity index (χ4n) is 0.562. The molecule has 1 N–H and O–H groups in total. The van der Waals surface area contributed by atoms with Crippen LogP contribution in [0.4, 0.5) is 0 Å². The van der Waals surface area contributed by atoms with Crippen LogP contribution in [0, 0.1) is 0 Å². The number of nitrogens with zero attached hydrogens (tertiary/aromatic N) is 1. The molecular weight excluding hydrogens is 339 g/mol. The van der Waals surface area contributed by atoms with E-state index in [2.05, 4.69) is 17.6 Å². The SMILES string of the molecule is O=C(O)[C@H](CS)N=C(Cl)C(Cl)=C(Cl)C(Cl)Cl. The van der Waals surface area contributed by atoms with Gasteiger partial charge in [0.2, 0.25) is 0 Å². The summed E-state index contributed by atoms with van der Waals surface area (Å²) < 4.78 is 0. The van der Waals surface area contributed by atoms with Gasteiger partial charge in [0.05, 0.1) is 10.1 Å². The second-order valence-electron chi connectivity index (χ2n) is 2.42. The van der Waals surface area contributed by atoms with Gasteiger partial charge in [-0.2, -0.15) is 12.6 Å².